The number of rotatable bonds is 5. The van der Waals surface area contributed by atoms with Crippen molar-refractivity contribution in [1.82, 2.24) is 5.32 Å². The second-order valence-electron chi connectivity index (χ2n) is 6.30. The molecule has 0 bridgehead atoms. The minimum atomic E-state index is -0.250. The molecule has 2 aromatic rings. The lowest BCUT2D eigenvalue weighted by atomic mass is 10.0. The van der Waals surface area contributed by atoms with E-state index in [0.717, 1.165) is 30.4 Å². The third kappa shape index (κ3) is 4.20. The molecule has 3 heteroatoms. The van der Waals surface area contributed by atoms with Gasteiger partial charge < -0.3 is 10.4 Å². The Morgan fingerprint density at radius 1 is 1.00 bits per heavy atom. The van der Waals surface area contributed by atoms with Gasteiger partial charge >= 0.3 is 0 Å². The van der Waals surface area contributed by atoms with Crippen LogP contribution in [0.5, 0.6) is 0 Å². The quantitative estimate of drug-likeness (QED) is 0.891. The highest BCUT2D eigenvalue weighted by atomic mass is 16.3. The first-order chi connectivity index (χ1) is 11.2. The van der Waals surface area contributed by atoms with E-state index in [0.29, 0.717) is 13.0 Å². The van der Waals surface area contributed by atoms with Crippen molar-refractivity contribution in [2.24, 2.45) is 5.92 Å². The van der Waals surface area contributed by atoms with Gasteiger partial charge in [-0.25, -0.2) is 0 Å². The first kappa shape index (κ1) is 15.8. The van der Waals surface area contributed by atoms with E-state index in [2.05, 4.69) is 29.6 Å². The zero-order valence-electron chi connectivity index (χ0n) is 13.2. The molecule has 120 valence electrons. The molecule has 1 aliphatic rings. The fourth-order valence-corrected chi connectivity index (χ4v) is 3.19. The molecule has 1 fully saturated rings. The number of hydrogen-bond donors (Lipinski definition) is 2. The highest BCUT2D eigenvalue weighted by Gasteiger charge is 2.25. The predicted molar refractivity (Wildman–Crippen MR) is 91.9 cm³/mol. The summed E-state index contributed by atoms with van der Waals surface area (Å²) in [4.78, 5) is 12.0. The Balaban J connectivity index is 1.52. The molecule has 0 aliphatic heterocycles. The van der Waals surface area contributed by atoms with Crippen LogP contribution in [0.1, 0.15) is 24.8 Å². The van der Waals surface area contributed by atoms with Crippen LogP contribution in [0.15, 0.2) is 54.6 Å². The van der Waals surface area contributed by atoms with Crippen LogP contribution in [-0.4, -0.2) is 23.7 Å². The van der Waals surface area contributed by atoms with Crippen LogP contribution in [-0.2, 0) is 11.2 Å². The van der Waals surface area contributed by atoms with Crippen molar-refractivity contribution in [3.8, 4) is 11.1 Å². The predicted octanol–water partition coefficient (Wildman–Crippen LogP) is 3.17. The molecule has 3 rings (SSSR count). The molecule has 0 aromatic heterocycles. The van der Waals surface area contributed by atoms with Crippen LogP contribution in [0.2, 0.25) is 0 Å². The summed E-state index contributed by atoms with van der Waals surface area (Å²) in [5.41, 5.74) is 3.34. The molecule has 0 spiro atoms. The minimum absolute atomic E-state index is 0.0246. The van der Waals surface area contributed by atoms with Gasteiger partial charge in [0.25, 0.3) is 0 Å². The third-order valence-electron chi connectivity index (χ3n) is 4.61. The fourth-order valence-electron chi connectivity index (χ4n) is 3.19. The van der Waals surface area contributed by atoms with Crippen molar-refractivity contribution >= 4 is 5.91 Å². The number of aliphatic hydroxyl groups is 1. The zero-order valence-corrected chi connectivity index (χ0v) is 13.2. The van der Waals surface area contributed by atoms with Gasteiger partial charge in [0.2, 0.25) is 5.91 Å². The second kappa shape index (κ2) is 7.42. The highest BCUT2D eigenvalue weighted by molar-refractivity contribution is 5.78. The van der Waals surface area contributed by atoms with Crippen LogP contribution < -0.4 is 5.32 Å². The van der Waals surface area contributed by atoms with Gasteiger partial charge in [0.05, 0.1) is 12.5 Å². The molecule has 0 radical (unpaired) electrons. The SMILES string of the molecule is O=C(Cc1ccc(-c2ccccc2)cc1)NCC1CCCC1O. The van der Waals surface area contributed by atoms with E-state index in [1.807, 2.05) is 30.3 Å². The van der Waals surface area contributed by atoms with Crippen LogP contribution in [0.4, 0.5) is 0 Å². The topological polar surface area (TPSA) is 49.3 Å². The number of carbonyl (C=O) groups is 1. The van der Waals surface area contributed by atoms with E-state index in [9.17, 15) is 9.90 Å². The lowest BCUT2D eigenvalue weighted by molar-refractivity contribution is -0.120. The summed E-state index contributed by atoms with van der Waals surface area (Å²) < 4.78 is 0. The summed E-state index contributed by atoms with van der Waals surface area (Å²) in [5, 5.41) is 12.7. The molecule has 1 saturated carbocycles. The Morgan fingerprint density at radius 3 is 2.35 bits per heavy atom. The van der Waals surface area contributed by atoms with Crippen molar-refractivity contribution < 1.29 is 9.90 Å². The van der Waals surface area contributed by atoms with Gasteiger partial charge in [-0.15, -0.1) is 0 Å². The molecule has 2 atom stereocenters. The average molecular weight is 309 g/mol. The van der Waals surface area contributed by atoms with Crippen LogP contribution in [0, 0.1) is 5.92 Å². The Hall–Kier alpha value is -2.13. The second-order valence-corrected chi connectivity index (χ2v) is 6.30. The lowest BCUT2D eigenvalue weighted by Gasteiger charge is -2.15. The Labute approximate surface area is 137 Å². The lowest BCUT2D eigenvalue weighted by Crippen LogP contribution is -2.33. The van der Waals surface area contributed by atoms with E-state index in [1.54, 1.807) is 0 Å². The molecule has 3 nitrogen and oxygen atoms in total. The van der Waals surface area contributed by atoms with Gasteiger partial charge in [-0.1, -0.05) is 61.0 Å². The van der Waals surface area contributed by atoms with Gasteiger partial charge in [0.15, 0.2) is 0 Å². The molecule has 23 heavy (non-hydrogen) atoms. The first-order valence-electron chi connectivity index (χ1n) is 8.31. The molecule has 1 aliphatic carbocycles. The van der Waals surface area contributed by atoms with Crippen molar-refractivity contribution in [3.05, 3.63) is 60.2 Å². The molecule has 2 aromatic carbocycles. The monoisotopic (exact) mass is 309 g/mol. The van der Waals surface area contributed by atoms with Crippen LogP contribution in [0.25, 0.3) is 11.1 Å². The van der Waals surface area contributed by atoms with E-state index in [1.165, 1.54) is 5.56 Å². The van der Waals surface area contributed by atoms with E-state index < -0.39 is 0 Å². The molecular formula is C20H23NO2. The Morgan fingerprint density at radius 2 is 1.70 bits per heavy atom. The van der Waals surface area contributed by atoms with Crippen molar-refractivity contribution in [2.45, 2.75) is 31.8 Å². The molecule has 1 amide bonds. The summed E-state index contributed by atoms with van der Waals surface area (Å²) in [6, 6.07) is 18.3. The summed E-state index contributed by atoms with van der Waals surface area (Å²) >= 11 is 0. The molecule has 0 saturated heterocycles. The maximum Gasteiger partial charge on any atom is 0.224 e. The van der Waals surface area contributed by atoms with Crippen molar-refractivity contribution in [2.75, 3.05) is 6.54 Å². The summed E-state index contributed by atoms with van der Waals surface area (Å²) in [6.45, 7) is 0.585. The normalized spacial score (nSPS) is 20.4. The van der Waals surface area contributed by atoms with E-state index in [4.69, 9.17) is 0 Å². The van der Waals surface area contributed by atoms with Gasteiger partial charge in [-0.2, -0.15) is 0 Å². The first-order valence-corrected chi connectivity index (χ1v) is 8.31. The average Bonchev–Trinajstić information content (AvgIpc) is 3.00. The largest absolute Gasteiger partial charge is 0.393 e. The third-order valence-corrected chi connectivity index (χ3v) is 4.61. The number of aliphatic hydroxyl groups excluding tert-OH is 1. The van der Waals surface area contributed by atoms with E-state index in [-0.39, 0.29) is 17.9 Å². The molecule has 2 N–H and O–H groups in total. The highest BCUT2D eigenvalue weighted by Crippen LogP contribution is 2.24. The van der Waals surface area contributed by atoms with Crippen LogP contribution in [0.3, 0.4) is 0 Å². The Bertz CT molecular complexity index is 636. The maximum atomic E-state index is 12.0. The van der Waals surface area contributed by atoms with E-state index >= 15 is 0 Å². The number of carbonyl (C=O) groups excluding carboxylic acids is 1. The number of amides is 1. The van der Waals surface area contributed by atoms with Gasteiger partial charge in [0.1, 0.15) is 0 Å². The number of benzene rings is 2. The zero-order chi connectivity index (χ0) is 16.1. The standard InChI is InChI=1S/C20H23NO2/c22-19-8-4-7-18(19)14-21-20(23)13-15-9-11-17(12-10-15)16-5-2-1-3-6-16/h1-3,5-6,9-12,18-19,22H,4,7-8,13-14H2,(H,21,23). The molecular weight excluding hydrogens is 286 g/mol. The van der Waals surface area contributed by atoms with Crippen molar-refractivity contribution in [3.63, 3.8) is 0 Å². The summed E-state index contributed by atoms with van der Waals surface area (Å²) in [6.07, 6.45) is 3.07. The molecule has 0 heterocycles. The van der Waals surface area contributed by atoms with Gasteiger partial charge in [0, 0.05) is 12.5 Å². The van der Waals surface area contributed by atoms with Crippen LogP contribution >= 0.6 is 0 Å². The maximum absolute atomic E-state index is 12.0. The number of hydrogen-bond acceptors (Lipinski definition) is 2. The van der Waals surface area contributed by atoms with Crippen molar-refractivity contribution in [1.29, 1.82) is 0 Å². The summed E-state index contributed by atoms with van der Waals surface area (Å²) in [5.74, 6) is 0.246. The van der Waals surface area contributed by atoms with Gasteiger partial charge in [-0.3, -0.25) is 4.79 Å². The minimum Gasteiger partial charge on any atom is -0.393 e. The number of nitrogens with one attached hydrogen (secondary N) is 1. The van der Waals surface area contributed by atoms with Gasteiger partial charge in [-0.05, 0) is 29.5 Å². The smallest absolute Gasteiger partial charge is 0.224 e. The Kier molecular flexibility index (Phi) is 5.09. The molecule has 2 unspecified atom stereocenters. The summed E-state index contributed by atoms with van der Waals surface area (Å²) in [7, 11) is 0. The fraction of sp³-hybridized carbons (Fsp3) is 0.350.